The van der Waals surface area contributed by atoms with E-state index in [9.17, 15) is 14.9 Å². The van der Waals surface area contributed by atoms with Crippen LogP contribution in [0.3, 0.4) is 0 Å². The highest BCUT2D eigenvalue weighted by Gasteiger charge is 2.16. The molecule has 0 heterocycles. The van der Waals surface area contributed by atoms with Crippen molar-refractivity contribution in [1.82, 2.24) is 0 Å². The van der Waals surface area contributed by atoms with E-state index < -0.39 is 18.4 Å². The van der Waals surface area contributed by atoms with Crippen LogP contribution in [0, 0.1) is 11.3 Å². The number of ketones is 1. The second kappa shape index (κ2) is 9.95. The fourth-order valence-electron chi connectivity index (χ4n) is 2.47. The van der Waals surface area contributed by atoms with Crippen molar-refractivity contribution in [2.45, 2.75) is 0 Å². The normalized spacial score (nSPS) is 10.7. The van der Waals surface area contributed by atoms with Crippen molar-refractivity contribution < 1.29 is 23.8 Å². The van der Waals surface area contributed by atoms with Gasteiger partial charge in [-0.2, -0.15) is 5.26 Å². The average Bonchev–Trinajstić information content (AvgIpc) is 2.75. The Morgan fingerprint density at radius 2 is 1.69 bits per heavy atom. The van der Waals surface area contributed by atoms with Crippen LogP contribution in [-0.2, 0) is 9.53 Å². The number of nitrogens with zero attached hydrogens (tertiary/aromatic N) is 2. The molecule has 2 aromatic carbocycles. The predicted molar refractivity (Wildman–Crippen MR) is 109 cm³/mol. The van der Waals surface area contributed by atoms with Gasteiger partial charge in [0, 0.05) is 25.3 Å². The number of carbonyl (C=O) groups excluding carboxylic acids is 2. The summed E-state index contributed by atoms with van der Waals surface area (Å²) in [6.07, 6.45) is 1.42. The first-order valence-corrected chi connectivity index (χ1v) is 8.71. The molecule has 0 aliphatic carbocycles. The number of Topliss-reactive ketones (excluding diaryl/α,β-unsaturated/α-hetero) is 1. The van der Waals surface area contributed by atoms with Crippen molar-refractivity contribution in [2.24, 2.45) is 0 Å². The Hall–Kier alpha value is -3.79. The van der Waals surface area contributed by atoms with Gasteiger partial charge >= 0.3 is 5.97 Å². The molecule has 7 heteroatoms. The topological polar surface area (TPSA) is 88.9 Å². The first-order chi connectivity index (χ1) is 13.9. The number of hydrogen-bond donors (Lipinski definition) is 0. The number of esters is 1. The minimum atomic E-state index is -0.863. The van der Waals surface area contributed by atoms with Gasteiger partial charge in [-0.05, 0) is 42.0 Å². The zero-order chi connectivity index (χ0) is 21.4. The molecular formula is C22H22N2O5. The fourth-order valence-corrected chi connectivity index (χ4v) is 2.47. The van der Waals surface area contributed by atoms with Gasteiger partial charge in [-0.25, -0.2) is 4.79 Å². The van der Waals surface area contributed by atoms with E-state index in [2.05, 4.69) is 0 Å². The largest absolute Gasteiger partial charge is 0.493 e. The Labute approximate surface area is 169 Å². The lowest BCUT2D eigenvalue weighted by Crippen LogP contribution is -2.15. The molecule has 0 N–H and O–H groups in total. The standard InChI is InChI=1S/C22H22N2O5/c1-24(2)18-8-5-15(6-9-18)11-17(13-23)22(26)29-14-19(25)16-7-10-20(27-3)21(12-16)28-4/h5-12H,14H2,1-4H3/b17-11+. The van der Waals surface area contributed by atoms with Crippen LogP contribution in [0.5, 0.6) is 11.5 Å². The number of ether oxygens (including phenoxy) is 3. The van der Waals surface area contributed by atoms with Crippen molar-refractivity contribution in [3.05, 3.63) is 59.2 Å². The summed E-state index contributed by atoms with van der Waals surface area (Å²) in [7, 11) is 6.78. The van der Waals surface area contributed by atoms with Crippen LogP contribution in [-0.4, -0.2) is 46.7 Å². The third-order valence-electron chi connectivity index (χ3n) is 4.10. The molecule has 0 amide bonds. The van der Waals surface area contributed by atoms with Gasteiger partial charge in [0.05, 0.1) is 14.2 Å². The quantitative estimate of drug-likeness (QED) is 0.294. The molecule has 0 aliphatic rings. The smallest absolute Gasteiger partial charge is 0.349 e. The highest BCUT2D eigenvalue weighted by molar-refractivity contribution is 6.02. The zero-order valence-electron chi connectivity index (χ0n) is 16.8. The summed E-state index contributed by atoms with van der Waals surface area (Å²) in [5.74, 6) is -0.413. The molecule has 0 fully saturated rings. The van der Waals surface area contributed by atoms with Gasteiger partial charge in [-0.15, -0.1) is 0 Å². The van der Waals surface area contributed by atoms with Crippen molar-refractivity contribution in [1.29, 1.82) is 5.26 Å². The van der Waals surface area contributed by atoms with Gasteiger partial charge in [-0.1, -0.05) is 12.1 Å². The fraction of sp³-hybridized carbons (Fsp3) is 0.227. The summed E-state index contributed by atoms with van der Waals surface area (Å²) in [6, 6.07) is 13.8. The number of benzene rings is 2. The summed E-state index contributed by atoms with van der Waals surface area (Å²) in [5.41, 5.74) is 1.78. The molecule has 0 aromatic heterocycles. The summed E-state index contributed by atoms with van der Waals surface area (Å²) in [6.45, 7) is -0.493. The minimum Gasteiger partial charge on any atom is -0.493 e. The lowest BCUT2D eigenvalue weighted by Gasteiger charge is -2.12. The molecule has 0 saturated carbocycles. The molecule has 0 bridgehead atoms. The van der Waals surface area contributed by atoms with Crippen LogP contribution in [0.15, 0.2) is 48.0 Å². The molecule has 150 valence electrons. The van der Waals surface area contributed by atoms with Crippen LogP contribution in [0.25, 0.3) is 6.08 Å². The number of carbonyl (C=O) groups is 2. The van der Waals surface area contributed by atoms with E-state index in [4.69, 9.17) is 14.2 Å². The molecule has 0 aliphatic heterocycles. The van der Waals surface area contributed by atoms with Crippen molar-refractivity contribution in [2.75, 3.05) is 39.8 Å². The third kappa shape index (κ3) is 5.59. The Kier molecular flexibility index (Phi) is 7.38. The number of methoxy groups -OCH3 is 2. The SMILES string of the molecule is COc1ccc(C(=O)COC(=O)/C(C#N)=C/c2ccc(N(C)C)cc2)cc1OC. The maximum Gasteiger partial charge on any atom is 0.349 e. The molecule has 0 saturated heterocycles. The maximum atomic E-state index is 12.3. The summed E-state index contributed by atoms with van der Waals surface area (Å²) < 4.78 is 15.3. The first kappa shape index (κ1) is 21.5. The molecule has 7 nitrogen and oxygen atoms in total. The van der Waals surface area contributed by atoms with Crippen molar-refractivity contribution in [3.8, 4) is 17.6 Å². The summed E-state index contributed by atoms with van der Waals surface area (Å²) in [4.78, 5) is 26.4. The van der Waals surface area contributed by atoms with Gasteiger partial charge in [-0.3, -0.25) is 4.79 Å². The third-order valence-corrected chi connectivity index (χ3v) is 4.10. The molecule has 0 unspecified atom stereocenters. The highest BCUT2D eigenvalue weighted by Crippen LogP contribution is 2.27. The highest BCUT2D eigenvalue weighted by atomic mass is 16.5. The van der Waals surface area contributed by atoms with Gasteiger partial charge in [0.1, 0.15) is 11.6 Å². The van der Waals surface area contributed by atoms with Gasteiger partial charge < -0.3 is 19.1 Å². The van der Waals surface area contributed by atoms with E-state index in [1.165, 1.54) is 26.4 Å². The van der Waals surface area contributed by atoms with Gasteiger partial charge in [0.25, 0.3) is 0 Å². The van der Waals surface area contributed by atoms with Crippen molar-refractivity contribution in [3.63, 3.8) is 0 Å². The minimum absolute atomic E-state index is 0.192. The summed E-state index contributed by atoms with van der Waals surface area (Å²) in [5, 5.41) is 9.27. The monoisotopic (exact) mass is 394 g/mol. The Bertz CT molecular complexity index is 956. The number of anilines is 1. The molecule has 0 spiro atoms. The molecule has 0 atom stereocenters. The number of nitriles is 1. The van der Waals surface area contributed by atoms with Crippen LogP contribution >= 0.6 is 0 Å². The molecule has 2 aromatic rings. The van der Waals surface area contributed by atoms with Gasteiger partial charge in [0.2, 0.25) is 0 Å². The van der Waals surface area contributed by atoms with Crippen LogP contribution in [0.1, 0.15) is 15.9 Å². The summed E-state index contributed by atoms with van der Waals surface area (Å²) >= 11 is 0. The maximum absolute atomic E-state index is 12.3. The van der Waals surface area contributed by atoms with E-state index in [-0.39, 0.29) is 5.57 Å². The Morgan fingerprint density at radius 3 is 2.24 bits per heavy atom. The predicted octanol–water partition coefficient (Wildman–Crippen LogP) is 3.10. The van der Waals surface area contributed by atoms with E-state index in [0.717, 1.165) is 5.69 Å². The van der Waals surface area contributed by atoms with E-state index in [1.807, 2.05) is 37.2 Å². The Balaban J connectivity index is 2.06. The van der Waals surface area contributed by atoms with Gasteiger partial charge in [0.15, 0.2) is 23.9 Å². The first-order valence-electron chi connectivity index (χ1n) is 8.71. The van der Waals surface area contributed by atoms with E-state index >= 15 is 0 Å². The van der Waals surface area contributed by atoms with Crippen LogP contribution < -0.4 is 14.4 Å². The second-order valence-electron chi connectivity index (χ2n) is 6.22. The Morgan fingerprint density at radius 1 is 1.03 bits per heavy atom. The molecule has 2 rings (SSSR count). The molecular weight excluding hydrogens is 372 g/mol. The lowest BCUT2D eigenvalue weighted by molar-refractivity contribution is -0.137. The molecule has 0 radical (unpaired) electrons. The molecule has 29 heavy (non-hydrogen) atoms. The van der Waals surface area contributed by atoms with E-state index in [1.54, 1.807) is 24.3 Å². The van der Waals surface area contributed by atoms with Crippen LogP contribution in [0.4, 0.5) is 5.69 Å². The second-order valence-corrected chi connectivity index (χ2v) is 6.22. The zero-order valence-corrected chi connectivity index (χ0v) is 16.8. The number of rotatable bonds is 8. The lowest BCUT2D eigenvalue weighted by atomic mass is 10.1. The van der Waals surface area contributed by atoms with Crippen molar-refractivity contribution >= 4 is 23.5 Å². The van der Waals surface area contributed by atoms with E-state index in [0.29, 0.717) is 22.6 Å². The number of hydrogen-bond acceptors (Lipinski definition) is 7. The average molecular weight is 394 g/mol. The van der Waals surface area contributed by atoms with Crippen LogP contribution in [0.2, 0.25) is 0 Å².